The van der Waals surface area contributed by atoms with Gasteiger partial charge < -0.3 is 9.80 Å². The average molecular weight is 197 g/mol. The molecule has 1 aromatic heterocycles. The Kier molecular flexibility index (Phi) is 2.44. The van der Waals surface area contributed by atoms with Gasteiger partial charge in [0.15, 0.2) is 5.13 Å². The Balaban J connectivity index is 1.95. The van der Waals surface area contributed by atoms with Gasteiger partial charge in [-0.1, -0.05) is 0 Å². The molecule has 0 aliphatic carbocycles. The van der Waals surface area contributed by atoms with Crippen LogP contribution in [0.1, 0.15) is 0 Å². The van der Waals surface area contributed by atoms with E-state index >= 15 is 0 Å². The van der Waals surface area contributed by atoms with Crippen molar-refractivity contribution < 1.29 is 4.79 Å². The molecule has 2 heterocycles. The highest BCUT2D eigenvalue weighted by atomic mass is 32.1. The number of carbonyl (C=O) groups excluding carboxylic acids is 1. The number of carbonyl (C=O) groups is 1. The van der Waals surface area contributed by atoms with E-state index in [4.69, 9.17) is 0 Å². The first kappa shape index (κ1) is 8.50. The average Bonchev–Trinajstić information content (AvgIpc) is 2.71. The first-order valence-electron chi connectivity index (χ1n) is 4.24. The van der Waals surface area contributed by atoms with Crippen LogP contribution in [-0.2, 0) is 4.79 Å². The van der Waals surface area contributed by atoms with Crippen molar-refractivity contribution in [3.63, 3.8) is 0 Å². The summed E-state index contributed by atoms with van der Waals surface area (Å²) in [4.78, 5) is 18.7. The van der Waals surface area contributed by atoms with Crippen molar-refractivity contribution >= 4 is 22.9 Å². The molecule has 0 aromatic carbocycles. The van der Waals surface area contributed by atoms with E-state index in [1.165, 1.54) is 0 Å². The highest BCUT2D eigenvalue weighted by molar-refractivity contribution is 7.13. The normalized spacial score (nSPS) is 17.5. The van der Waals surface area contributed by atoms with Gasteiger partial charge in [-0.15, -0.1) is 11.3 Å². The molecule has 5 heteroatoms. The first-order valence-corrected chi connectivity index (χ1v) is 5.12. The summed E-state index contributed by atoms with van der Waals surface area (Å²) in [6, 6.07) is 0. The summed E-state index contributed by atoms with van der Waals surface area (Å²) in [5, 5.41) is 3.03. The predicted molar refractivity (Wildman–Crippen MR) is 52.0 cm³/mol. The lowest BCUT2D eigenvalue weighted by molar-refractivity contribution is -0.118. The van der Waals surface area contributed by atoms with E-state index in [9.17, 15) is 4.79 Å². The molecule has 70 valence electrons. The van der Waals surface area contributed by atoms with E-state index in [2.05, 4.69) is 9.88 Å². The van der Waals surface area contributed by atoms with E-state index in [-0.39, 0.29) is 0 Å². The zero-order chi connectivity index (χ0) is 9.10. The third-order valence-electron chi connectivity index (χ3n) is 2.15. The summed E-state index contributed by atoms with van der Waals surface area (Å²) in [6.45, 7) is 3.41. The number of amides is 1. The molecule has 1 aliphatic heterocycles. The van der Waals surface area contributed by atoms with Crippen LogP contribution in [0.25, 0.3) is 0 Å². The molecule has 0 unspecified atom stereocenters. The fourth-order valence-electron chi connectivity index (χ4n) is 1.39. The molecule has 1 amide bonds. The number of hydrogen-bond donors (Lipinski definition) is 0. The third kappa shape index (κ3) is 1.80. The maximum absolute atomic E-state index is 10.4. The van der Waals surface area contributed by atoms with Crippen LogP contribution in [0.15, 0.2) is 11.6 Å². The van der Waals surface area contributed by atoms with Gasteiger partial charge in [-0.3, -0.25) is 4.79 Å². The maximum Gasteiger partial charge on any atom is 0.209 e. The molecule has 0 saturated carbocycles. The molecule has 1 aromatic rings. The van der Waals surface area contributed by atoms with E-state index in [0.717, 1.165) is 37.7 Å². The first-order chi connectivity index (χ1) is 6.40. The molecule has 0 bridgehead atoms. The van der Waals surface area contributed by atoms with Crippen molar-refractivity contribution in [1.82, 2.24) is 9.88 Å². The van der Waals surface area contributed by atoms with Gasteiger partial charge in [0, 0.05) is 37.8 Å². The van der Waals surface area contributed by atoms with Gasteiger partial charge in [0.25, 0.3) is 0 Å². The summed E-state index contributed by atoms with van der Waals surface area (Å²) in [7, 11) is 0. The number of anilines is 1. The van der Waals surface area contributed by atoms with Gasteiger partial charge in [0.2, 0.25) is 6.41 Å². The van der Waals surface area contributed by atoms with Gasteiger partial charge in [0.1, 0.15) is 0 Å². The highest BCUT2D eigenvalue weighted by Crippen LogP contribution is 2.18. The fourth-order valence-corrected chi connectivity index (χ4v) is 2.09. The van der Waals surface area contributed by atoms with Gasteiger partial charge in [-0.05, 0) is 0 Å². The van der Waals surface area contributed by atoms with Crippen molar-refractivity contribution in [2.24, 2.45) is 0 Å². The van der Waals surface area contributed by atoms with E-state index < -0.39 is 0 Å². The van der Waals surface area contributed by atoms with Crippen LogP contribution in [0.4, 0.5) is 5.13 Å². The molecule has 13 heavy (non-hydrogen) atoms. The molecule has 4 nitrogen and oxygen atoms in total. The van der Waals surface area contributed by atoms with Crippen molar-refractivity contribution in [3.8, 4) is 0 Å². The standard InChI is InChI=1S/C8H11N3OS/c12-7-10-2-4-11(5-3-10)8-9-1-6-13-8/h1,6-7H,2-5H2. The largest absolute Gasteiger partial charge is 0.345 e. The zero-order valence-corrected chi connectivity index (χ0v) is 8.04. The quantitative estimate of drug-likeness (QED) is 0.645. The van der Waals surface area contributed by atoms with E-state index in [1.54, 1.807) is 16.2 Å². The second kappa shape index (κ2) is 3.74. The lowest BCUT2D eigenvalue weighted by Crippen LogP contribution is -2.45. The Labute approximate surface area is 80.8 Å². The van der Waals surface area contributed by atoms with Gasteiger partial charge in [0.05, 0.1) is 0 Å². The Morgan fingerprint density at radius 1 is 1.38 bits per heavy atom. The number of nitrogens with zero attached hydrogens (tertiary/aromatic N) is 3. The van der Waals surface area contributed by atoms with Crippen LogP contribution in [0.3, 0.4) is 0 Å². The van der Waals surface area contributed by atoms with Gasteiger partial charge in [-0.25, -0.2) is 4.98 Å². The highest BCUT2D eigenvalue weighted by Gasteiger charge is 2.16. The molecule has 0 N–H and O–H groups in total. The third-order valence-corrected chi connectivity index (χ3v) is 2.99. The Bertz CT molecular complexity index is 267. The van der Waals surface area contributed by atoms with Gasteiger partial charge in [-0.2, -0.15) is 0 Å². The molecule has 1 fully saturated rings. The number of thiazole rings is 1. The SMILES string of the molecule is O=CN1CCN(c2nccs2)CC1. The van der Waals surface area contributed by atoms with Crippen LogP contribution >= 0.6 is 11.3 Å². The second-order valence-electron chi connectivity index (χ2n) is 2.94. The Morgan fingerprint density at radius 3 is 2.69 bits per heavy atom. The topological polar surface area (TPSA) is 36.4 Å². The van der Waals surface area contributed by atoms with Crippen LogP contribution in [0.2, 0.25) is 0 Å². The molecule has 0 spiro atoms. The second-order valence-corrected chi connectivity index (χ2v) is 3.82. The summed E-state index contributed by atoms with van der Waals surface area (Å²) >= 11 is 1.65. The minimum atomic E-state index is 0.809. The maximum atomic E-state index is 10.4. The molecular formula is C8H11N3OS. The predicted octanol–water partition coefficient (Wildman–Crippen LogP) is 0.421. The zero-order valence-electron chi connectivity index (χ0n) is 7.22. The van der Waals surface area contributed by atoms with Crippen molar-refractivity contribution in [3.05, 3.63) is 11.6 Å². The smallest absolute Gasteiger partial charge is 0.209 e. The van der Waals surface area contributed by atoms with Gasteiger partial charge >= 0.3 is 0 Å². The van der Waals surface area contributed by atoms with Crippen LogP contribution in [-0.4, -0.2) is 42.5 Å². The van der Waals surface area contributed by atoms with Crippen molar-refractivity contribution in [1.29, 1.82) is 0 Å². The molecule has 2 rings (SSSR count). The monoisotopic (exact) mass is 197 g/mol. The van der Waals surface area contributed by atoms with Crippen LogP contribution in [0.5, 0.6) is 0 Å². The van der Waals surface area contributed by atoms with Crippen LogP contribution in [0, 0.1) is 0 Å². The number of rotatable bonds is 2. The number of aromatic nitrogens is 1. The lowest BCUT2D eigenvalue weighted by atomic mass is 10.3. The minimum Gasteiger partial charge on any atom is -0.345 e. The number of hydrogen-bond acceptors (Lipinski definition) is 4. The molecular weight excluding hydrogens is 186 g/mol. The molecule has 0 atom stereocenters. The van der Waals surface area contributed by atoms with E-state index in [0.29, 0.717) is 0 Å². The van der Waals surface area contributed by atoms with Crippen molar-refractivity contribution in [2.45, 2.75) is 0 Å². The minimum absolute atomic E-state index is 0.809. The van der Waals surface area contributed by atoms with E-state index in [1.807, 2.05) is 11.6 Å². The van der Waals surface area contributed by atoms with Crippen LogP contribution < -0.4 is 4.90 Å². The summed E-state index contributed by atoms with van der Waals surface area (Å²) < 4.78 is 0. The summed E-state index contributed by atoms with van der Waals surface area (Å²) in [6.07, 6.45) is 2.73. The molecule has 1 aliphatic rings. The fraction of sp³-hybridized carbons (Fsp3) is 0.500. The molecule has 0 radical (unpaired) electrons. The Hall–Kier alpha value is -1.10. The Morgan fingerprint density at radius 2 is 2.15 bits per heavy atom. The summed E-state index contributed by atoms with van der Waals surface area (Å²) in [5.74, 6) is 0. The number of piperazine rings is 1. The lowest BCUT2D eigenvalue weighted by Gasteiger charge is -2.32. The molecule has 1 saturated heterocycles. The van der Waals surface area contributed by atoms with Crippen molar-refractivity contribution in [2.75, 3.05) is 31.1 Å². The summed E-state index contributed by atoms with van der Waals surface area (Å²) in [5.41, 5.74) is 0.